The van der Waals surface area contributed by atoms with E-state index in [1.807, 2.05) is 23.6 Å². The van der Waals surface area contributed by atoms with Gasteiger partial charge in [-0.2, -0.15) is 0 Å². The van der Waals surface area contributed by atoms with E-state index in [-0.39, 0.29) is 24.8 Å². The number of rotatable bonds is 3. The molecule has 21 heavy (non-hydrogen) atoms. The highest BCUT2D eigenvalue weighted by Crippen LogP contribution is 2.31. The molecule has 1 fully saturated rings. The third-order valence-electron chi connectivity index (χ3n) is 3.40. The summed E-state index contributed by atoms with van der Waals surface area (Å²) in [6, 6.07) is 8.88. The molecule has 7 heteroatoms. The zero-order chi connectivity index (χ0) is 13.1. The van der Waals surface area contributed by atoms with Crippen LogP contribution in [0.4, 0.5) is 0 Å². The first-order valence-corrected chi connectivity index (χ1v) is 8.11. The van der Waals surface area contributed by atoms with Crippen molar-refractivity contribution in [2.24, 2.45) is 0 Å². The van der Waals surface area contributed by atoms with Crippen molar-refractivity contribution >= 4 is 52.1 Å². The topological polar surface area (TPSA) is 28.2 Å². The molecular formula is C14H18BrCl2N3S. The van der Waals surface area contributed by atoms with Gasteiger partial charge in [0.1, 0.15) is 4.60 Å². The molecule has 0 aliphatic carbocycles. The number of thiophene rings is 1. The Morgan fingerprint density at radius 2 is 1.95 bits per heavy atom. The highest BCUT2D eigenvalue weighted by molar-refractivity contribution is 9.10. The first-order valence-electron chi connectivity index (χ1n) is 6.44. The van der Waals surface area contributed by atoms with Crippen LogP contribution in [0.5, 0.6) is 0 Å². The quantitative estimate of drug-likeness (QED) is 0.781. The average Bonchev–Trinajstić information content (AvgIpc) is 2.96. The Kier molecular flexibility index (Phi) is 8.16. The summed E-state index contributed by atoms with van der Waals surface area (Å²) < 4.78 is 0.890. The van der Waals surface area contributed by atoms with Gasteiger partial charge >= 0.3 is 0 Å². The summed E-state index contributed by atoms with van der Waals surface area (Å²) in [6.07, 6.45) is 1.98. The summed E-state index contributed by atoms with van der Waals surface area (Å²) in [4.78, 5) is 8.31. The summed E-state index contributed by atoms with van der Waals surface area (Å²) in [5.74, 6) is 0. The van der Waals surface area contributed by atoms with Crippen molar-refractivity contribution in [3.63, 3.8) is 0 Å². The molecule has 1 N–H and O–H groups in total. The molecule has 3 nitrogen and oxygen atoms in total. The Labute approximate surface area is 150 Å². The minimum Gasteiger partial charge on any atom is -0.314 e. The molecule has 3 rings (SSSR count). The van der Waals surface area contributed by atoms with E-state index in [4.69, 9.17) is 0 Å². The van der Waals surface area contributed by atoms with Gasteiger partial charge in [-0.3, -0.25) is 4.90 Å². The molecule has 116 valence electrons. The average molecular weight is 411 g/mol. The molecule has 0 amide bonds. The van der Waals surface area contributed by atoms with Gasteiger partial charge in [0.05, 0.1) is 6.04 Å². The van der Waals surface area contributed by atoms with E-state index in [2.05, 4.69) is 54.7 Å². The maximum Gasteiger partial charge on any atom is 0.106 e. The van der Waals surface area contributed by atoms with E-state index in [1.54, 1.807) is 0 Å². The molecule has 0 spiro atoms. The highest BCUT2D eigenvalue weighted by Gasteiger charge is 2.24. The number of nitrogens with zero attached hydrogens (tertiary/aromatic N) is 2. The van der Waals surface area contributed by atoms with Crippen molar-refractivity contribution in [3.8, 4) is 0 Å². The predicted molar refractivity (Wildman–Crippen MR) is 97.0 cm³/mol. The molecule has 0 unspecified atom stereocenters. The smallest absolute Gasteiger partial charge is 0.106 e. The van der Waals surface area contributed by atoms with Gasteiger partial charge in [0, 0.05) is 37.3 Å². The summed E-state index contributed by atoms with van der Waals surface area (Å²) in [5.41, 5.74) is 1.27. The summed E-state index contributed by atoms with van der Waals surface area (Å²) in [5, 5.41) is 5.56. The van der Waals surface area contributed by atoms with Crippen molar-refractivity contribution in [2.45, 2.75) is 6.04 Å². The van der Waals surface area contributed by atoms with Crippen LogP contribution < -0.4 is 5.32 Å². The largest absolute Gasteiger partial charge is 0.314 e. The van der Waals surface area contributed by atoms with Crippen LogP contribution in [0, 0.1) is 0 Å². The minimum absolute atomic E-state index is 0. The fraction of sp³-hybridized carbons (Fsp3) is 0.357. The molecule has 3 heterocycles. The van der Waals surface area contributed by atoms with E-state index in [0.29, 0.717) is 6.04 Å². The zero-order valence-corrected chi connectivity index (χ0v) is 15.4. The standard InChI is InChI=1S/C14H16BrN3S.2ClH/c15-13-4-3-11(10-17-13)14(12-2-1-9-19-12)18-7-5-16-6-8-18;;/h1-4,9-10,14,16H,5-8H2;2*1H/t14-;;/m1../s1. The van der Waals surface area contributed by atoms with Crippen LogP contribution in [0.3, 0.4) is 0 Å². The summed E-state index contributed by atoms with van der Waals surface area (Å²) in [6.45, 7) is 4.29. The molecule has 2 aromatic heterocycles. The van der Waals surface area contributed by atoms with Gasteiger partial charge < -0.3 is 5.32 Å². The van der Waals surface area contributed by atoms with Crippen molar-refractivity contribution < 1.29 is 0 Å². The normalized spacial score (nSPS) is 16.6. The Morgan fingerprint density at radius 1 is 1.19 bits per heavy atom. The molecular weight excluding hydrogens is 393 g/mol. The molecule has 1 aliphatic rings. The van der Waals surface area contributed by atoms with Crippen molar-refractivity contribution in [1.82, 2.24) is 15.2 Å². The lowest BCUT2D eigenvalue weighted by Gasteiger charge is -2.34. The monoisotopic (exact) mass is 409 g/mol. The fourth-order valence-corrected chi connectivity index (χ4v) is 3.61. The van der Waals surface area contributed by atoms with E-state index in [1.165, 1.54) is 10.4 Å². The Hall–Kier alpha value is -0.170. The van der Waals surface area contributed by atoms with Crippen LogP contribution in [0.1, 0.15) is 16.5 Å². The number of pyridine rings is 1. The van der Waals surface area contributed by atoms with Gasteiger partial charge in [0.2, 0.25) is 0 Å². The van der Waals surface area contributed by atoms with Gasteiger partial charge in [-0.25, -0.2) is 4.98 Å². The molecule has 1 saturated heterocycles. The van der Waals surface area contributed by atoms with E-state index >= 15 is 0 Å². The van der Waals surface area contributed by atoms with E-state index in [0.717, 1.165) is 30.8 Å². The number of halogens is 3. The maximum atomic E-state index is 4.38. The predicted octanol–water partition coefficient (Wildman–Crippen LogP) is 3.74. The minimum atomic E-state index is 0. The molecule has 0 radical (unpaired) electrons. The molecule has 1 aliphatic heterocycles. The second kappa shape index (κ2) is 9.08. The van der Waals surface area contributed by atoms with Gasteiger partial charge in [-0.15, -0.1) is 36.2 Å². The van der Waals surface area contributed by atoms with Gasteiger partial charge in [-0.05, 0) is 39.0 Å². The van der Waals surface area contributed by atoms with Crippen molar-refractivity contribution in [2.75, 3.05) is 26.2 Å². The Bertz CT molecular complexity index is 516. The van der Waals surface area contributed by atoms with Crippen LogP contribution in [-0.4, -0.2) is 36.1 Å². The number of nitrogens with one attached hydrogen (secondary N) is 1. The SMILES string of the molecule is Brc1ccc([C@H](c2cccs2)N2CCNCC2)cn1.Cl.Cl. The molecule has 0 aromatic carbocycles. The Morgan fingerprint density at radius 3 is 2.52 bits per heavy atom. The number of hydrogen-bond donors (Lipinski definition) is 1. The first-order chi connectivity index (χ1) is 9.34. The molecule has 0 bridgehead atoms. The number of hydrogen-bond acceptors (Lipinski definition) is 4. The van der Waals surface area contributed by atoms with Crippen LogP contribution >= 0.6 is 52.1 Å². The van der Waals surface area contributed by atoms with Gasteiger partial charge in [0.25, 0.3) is 0 Å². The van der Waals surface area contributed by atoms with Crippen LogP contribution in [0.25, 0.3) is 0 Å². The third-order valence-corrected chi connectivity index (χ3v) is 4.79. The Balaban J connectivity index is 0.00000110. The lowest BCUT2D eigenvalue weighted by Crippen LogP contribution is -2.45. The zero-order valence-electron chi connectivity index (χ0n) is 11.4. The van der Waals surface area contributed by atoms with Gasteiger partial charge in [0.15, 0.2) is 0 Å². The molecule has 1 atom stereocenters. The van der Waals surface area contributed by atoms with Crippen molar-refractivity contribution in [3.05, 3.63) is 50.9 Å². The summed E-state index contributed by atoms with van der Waals surface area (Å²) in [7, 11) is 0. The third kappa shape index (κ3) is 4.65. The first kappa shape index (κ1) is 18.9. The molecule has 2 aromatic rings. The van der Waals surface area contributed by atoms with Crippen LogP contribution in [0.2, 0.25) is 0 Å². The number of piperazine rings is 1. The van der Waals surface area contributed by atoms with Crippen LogP contribution in [0.15, 0.2) is 40.4 Å². The highest BCUT2D eigenvalue weighted by atomic mass is 79.9. The number of aromatic nitrogens is 1. The van der Waals surface area contributed by atoms with Crippen LogP contribution in [-0.2, 0) is 0 Å². The second-order valence-corrected chi connectivity index (χ2v) is 6.41. The van der Waals surface area contributed by atoms with E-state index < -0.39 is 0 Å². The second-order valence-electron chi connectivity index (χ2n) is 4.62. The lowest BCUT2D eigenvalue weighted by molar-refractivity contribution is 0.200. The van der Waals surface area contributed by atoms with E-state index in [9.17, 15) is 0 Å². The fourth-order valence-electron chi connectivity index (χ4n) is 2.49. The summed E-state index contributed by atoms with van der Waals surface area (Å²) >= 11 is 5.23. The maximum absolute atomic E-state index is 4.38. The van der Waals surface area contributed by atoms with Gasteiger partial charge in [-0.1, -0.05) is 12.1 Å². The van der Waals surface area contributed by atoms with Crippen molar-refractivity contribution in [1.29, 1.82) is 0 Å². The lowest BCUT2D eigenvalue weighted by atomic mass is 10.0. The molecule has 0 saturated carbocycles.